The molecule has 0 radical (unpaired) electrons. The summed E-state index contributed by atoms with van der Waals surface area (Å²) in [5.41, 5.74) is 16.7. The highest BCUT2D eigenvalue weighted by molar-refractivity contribution is 6.19. The van der Waals surface area contributed by atoms with Crippen LogP contribution in [0, 0.1) is 11.8 Å². The Morgan fingerprint density at radius 1 is 0.474 bits per heavy atom. The summed E-state index contributed by atoms with van der Waals surface area (Å²) < 4.78 is 7.17. The molecule has 4 aromatic heterocycles. The van der Waals surface area contributed by atoms with Crippen LogP contribution in [0.25, 0.3) is 123 Å². The molecule has 1 aliphatic heterocycles. The lowest BCUT2D eigenvalue weighted by Gasteiger charge is -2.31. The van der Waals surface area contributed by atoms with Crippen LogP contribution >= 0.6 is 0 Å². The van der Waals surface area contributed by atoms with Crippen LogP contribution in [0.15, 0.2) is 224 Å². The minimum atomic E-state index is 0.150. The van der Waals surface area contributed by atoms with Crippen molar-refractivity contribution < 1.29 is 0 Å². The average Bonchev–Trinajstić information content (AvgIpc) is 4.08. The van der Waals surface area contributed by atoms with Crippen LogP contribution in [0.2, 0.25) is 0 Å². The van der Waals surface area contributed by atoms with E-state index in [9.17, 15) is 0 Å². The fourth-order valence-electron chi connectivity index (χ4n) is 13.2. The van der Waals surface area contributed by atoms with Crippen molar-refractivity contribution in [3.63, 3.8) is 0 Å². The van der Waals surface area contributed by atoms with Crippen molar-refractivity contribution in [3.8, 4) is 51.2 Å². The lowest BCUT2D eigenvalue weighted by molar-refractivity contribution is 0.714. The zero-order chi connectivity index (χ0) is 51.6. The van der Waals surface area contributed by atoms with Crippen LogP contribution < -0.4 is 15.5 Å². The van der Waals surface area contributed by atoms with Crippen LogP contribution in [0.3, 0.4) is 0 Å². The molecule has 0 saturated heterocycles. The maximum absolute atomic E-state index is 5.88. The van der Waals surface area contributed by atoms with Crippen molar-refractivity contribution in [1.29, 1.82) is 0 Å². The molecule has 372 valence electrons. The number of aromatic nitrogens is 6. The molecular formula is C71H53N7. The Morgan fingerprint density at radius 3 is 1.73 bits per heavy atom. The summed E-state index contributed by atoms with van der Waals surface area (Å²) >= 11 is 0. The molecule has 0 bridgehead atoms. The number of hydrogen-bond donors (Lipinski definition) is 0. The quantitative estimate of drug-likeness (QED) is 0.160. The van der Waals surface area contributed by atoms with Crippen molar-refractivity contribution in [2.24, 2.45) is 11.8 Å². The van der Waals surface area contributed by atoms with Gasteiger partial charge in [-0.1, -0.05) is 196 Å². The summed E-state index contributed by atoms with van der Waals surface area (Å²) in [5.74, 6) is 2.56. The first kappa shape index (κ1) is 44.7. The molecule has 12 aromatic rings. The van der Waals surface area contributed by atoms with Gasteiger partial charge in [-0.2, -0.15) is 15.0 Å². The van der Waals surface area contributed by atoms with E-state index in [0.29, 0.717) is 29.6 Å². The Kier molecular flexibility index (Phi) is 10.0. The minimum Gasteiger partial charge on any atom is -0.332 e. The molecule has 0 amide bonds. The van der Waals surface area contributed by atoms with Gasteiger partial charge < -0.3 is 9.47 Å². The molecule has 7 nitrogen and oxygen atoms in total. The first-order valence-electron chi connectivity index (χ1n) is 27.5. The van der Waals surface area contributed by atoms with E-state index >= 15 is 0 Å². The van der Waals surface area contributed by atoms with Gasteiger partial charge >= 0.3 is 0 Å². The Labute approximate surface area is 451 Å². The first-order chi connectivity index (χ1) is 38.5. The zero-order valence-electron chi connectivity index (χ0n) is 43.4. The molecule has 8 aromatic carbocycles. The van der Waals surface area contributed by atoms with Crippen molar-refractivity contribution >= 4 is 77.9 Å². The van der Waals surface area contributed by atoms with Gasteiger partial charge in [0.15, 0.2) is 5.82 Å². The second kappa shape index (κ2) is 17.5. The Balaban J connectivity index is 1.06. The molecule has 16 rings (SSSR count). The van der Waals surface area contributed by atoms with Crippen molar-refractivity contribution in [3.05, 3.63) is 240 Å². The highest BCUT2D eigenvalue weighted by Crippen LogP contribution is 2.52. The van der Waals surface area contributed by atoms with Crippen LogP contribution in [-0.4, -0.2) is 34.7 Å². The second-order valence-corrected chi connectivity index (χ2v) is 21.6. The summed E-state index contributed by atoms with van der Waals surface area (Å²) in [6.07, 6.45) is 21.8. The largest absolute Gasteiger partial charge is 0.332 e. The average molecular weight is 1000 g/mol. The maximum Gasteiger partial charge on any atom is 0.240 e. The van der Waals surface area contributed by atoms with Gasteiger partial charge in [0.2, 0.25) is 11.9 Å². The molecular weight excluding hydrogens is 951 g/mol. The Morgan fingerprint density at radius 2 is 1.05 bits per heavy atom. The van der Waals surface area contributed by atoms with Gasteiger partial charge in [-0.25, -0.2) is 0 Å². The molecule has 78 heavy (non-hydrogen) atoms. The Bertz CT molecular complexity index is 4680. The molecule has 3 atom stereocenters. The van der Waals surface area contributed by atoms with E-state index in [2.05, 4.69) is 263 Å². The van der Waals surface area contributed by atoms with Crippen LogP contribution in [0.5, 0.6) is 0 Å². The molecule has 0 saturated carbocycles. The second-order valence-electron chi connectivity index (χ2n) is 21.6. The van der Waals surface area contributed by atoms with E-state index in [1.165, 1.54) is 38.5 Å². The zero-order valence-corrected chi connectivity index (χ0v) is 43.4. The van der Waals surface area contributed by atoms with Gasteiger partial charge in [-0.15, -0.1) is 0 Å². The summed E-state index contributed by atoms with van der Waals surface area (Å²) in [6, 6.07) is 66.0. The van der Waals surface area contributed by atoms with Crippen LogP contribution in [-0.2, 0) is 0 Å². The van der Waals surface area contributed by atoms with E-state index in [0.717, 1.165) is 102 Å². The third-order valence-corrected chi connectivity index (χ3v) is 16.8. The number of nitrogens with zero attached hydrogens (tertiary/aromatic N) is 7. The highest BCUT2D eigenvalue weighted by Gasteiger charge is 2.39. The van der Waals surface area contributed by atoms with Gasteiger partial charge in [0.1, 0.15) is 0 Å². The van der Waals surface area contributed by atoms with Crippen LogP contribution in [0.4, 0.5) is 5.69 Å². The molecule has 0 N–H and O–H groups in total. The fraction of sp³-hybridized carbons (Fsp3) is 0.113. The Hall–Kier alpha value is -9.59. The number of rotatable bonds is 7. The molecule has 7 heteroatoms. The normalized spacial score (nSPS) is 17.6. The van der Waals surface area contributed by atoms with Gasteiger partial charge in [-0.3, -0.25) is 9.13 Å². The maximum atomic E-state index is 5.88. The SMILES string of the molecule is CC1C=CC(N2c3c(ccc4c5ccccc5n(-c5nc(-c6cc(-c7ccccc7)cc(-c7ccccc7)c6)nc(-n6c7ccccc7c7ccc8c9c(n(-c%10ccccc%10)c8c76)=CCC(C)C=9)n5)c34)C3=CC=CCC32)=CC1. The fourth-order valence-corrected chi connectivity index (χ4v) is 13.2. The van der Waals surface area contributed by atoms with E-state index in [-0.39, 0.29) is 6.04 Å². The number of benzene rings is 8. The molecule has 4 aliphatic rings. The molecule has 0 spiro atoms. The number of hydrogen-bond acceptors (Lipinski definition) is 4. The van der Waals surface area contributed by atoms with Crippen molar-refractivity contribution in [2.75, 3.05) is 4.90 Å². The van der Waals surface area contributed by atoms with Crippen LogP contribution in [0.1, 0.15) is 38.7 Å². The van der Waals surface area contributed by atoms with Gasteiger partial charge in [0.25, 0.3) is 0 Å². The van der Waals surface area contributed by atoms with Gasteiger partial charge in [0, 0.05) is 60.0 Å². The summed E-state index contributed by atoms with van der Waals surface area (Å²) in [6.45, 7) is 4.62. The number of fused-ring (bicyclic) bond motifs is 14. The van der Waals surface area contributed by atoms with E-state index in [1.54, 1.807) is 0 Å². The third-order valence-electron chi connectivity index (χ3n) is 16.8. The van der Waals surface area contributed by atoms with Crippen molar-refractivity contribution in [2.45, 2.75) is 39.2 Å². The minimum absolute atomic E-state index is 0.150. The predicted octanol–water partition coefficient (Wildman–Crippen LogP) is 15.6. The molecule has 5 heterocycles. The topological polar surface area (TPSA) is 56.7 Å². The van der Waals surface area contributed by atoms with Crippen molar-refractivity contribution in [1.82, 2.24) is 28.7 Å². The van der Waals surface area contributed by atoms with E-state index < -0.39 is 0 Å². The number of anilines is 1. The van der Waals surface area contributed by atoms with Gasteiger partial charge in [-0.05, 0) is 107 Å². The number of para-hydroxylation sites is 3. The third kappa shape index (κ3) is 6.80. The smallest absolute Gasteiger partial charge is 0.240 e. The molecule has 0 fully saturated rings. The molecule has 3 aliphatic carbocycles. The van der Waals surface area contributed by atoms with E-state index in [1.807, 2.05) is 0 Å². The standard InChI is InChI=1S/C71H53N7/c1-44-30-33-52(34-31-44)76-61-27-15-12-24-53(61)56-35-36-57-54-25-13-16-28-62(54)77(67(57)65(56)76)70-72-69(50-42-48(46-18-6-3-7-19-46)41-49(43-50)47-20-8-4-9-21-47)73-71(74-70)78-63-29-17-14-26-55(63)58-37-38-59-60-40-45(2)32-39-64(60)75(66(59)68(58)78)51-22-10-5-11-23-51/h3-26,28-30,33-45,61H,27,31-32H2,1-2H3. The lowest BCUT2D eigenvalue weighted by atomic mass is 9.95. The predicted molar refractivity (Wildman–Crippen MR) is 323 cm³/mol. The number of allylic oxidation sites excluding steroid dienone is 5. The van der Waals surface area contributed by atoms with Gasteiger partial charge in [0.05, 0.1) is 39.3 Å². The monoisotopic (exact) mass is 1000 g/mol. The molecule has 3 unspecified atom stereocenters. The summed E-state index contributed by atoms with van der Waals surface area (Å²) in [7, 11) is 0. The van der Waals surface area contributed by atoms with E-state index in [4.69, 9.17) is 15.0 Å². The summed E-state index contributed by atoms with van der Waals surface area (Å²) in [4.78, 5) is 20.0. The highest BCUT2D eigenvalue weighted by atomic mass is 15.3. The first-order valence-corrected chi connectivity index (χ1v) is 27.5. The lowest BCUT2D eigenvalue weighted by Crippen LogP contribution is -2.31. The summed E-state index contributed by atoms with van der Waals surface area (Å²) in [5, 5.41) is 8.25.